The topological polar surface area (TPSA) is 30.2 Å². The average molecular weight is 356 g/mol. The van der Waals surface area contributed by atoms with Crippen LogP contribution in [0.3, 0.4) is 0 Å². The summed E-state index contributed by atoms with van der Waals surface area (Å²) in [6, 6.07) is 6.77. The minimum absolute atomic E-state index is 0.0338. The molecule has 2 heterocycles. The van der Waals surface area contributed by atoms with Gasteiger partial charge in [0, 0.05) is 5.56 Å². The summed E-state index contributed by atoms with van der Waals surface area (Å²) in [7, 11) is 0. The average Bonchev–Trinajstić information content (AvgIpc) is 3.24. The number of nitrogens with zero attached hydrogens (tertiary/aromatic N) is 3. The highest BCUT2D eigenvalue weighted by Gasteiger charge is 2.42. The second-order valence-corrected chi connectivity index (χ2v) is 6.19. The van der Waals surface area contributed by atoms with E-state index in [1.165, 1.54) is 12.1 Å². The first-order valence-corrected chi connectivity index (χ1v) is 7.59. The first-order chi connectivity index (χ1) is 11.3. The standard InChI is InChI=1S/C16H10ClF4N3/c17-13-6-12(15-22-7-14(18)24(15)23-13)11-5-10(11)8-1-3-9(4-2-8)16(19,20)21/h1-4,6-7,10-11H,5H2. The van der Waals surface area contributed by atoms with Gasteiger partial charge in [0.25, 0.3) is 0 Å². The summed E-state index contributed by atoms with van der Waals surface area (Å²) in [5.74, 6) is -0.513. The van der Waals surface area contributed by atoms with Crippen LogP contribution in [0.4, 0.5) is 17.6 Å². The number of halogens is 5. The molecule has 8 heteroatoms. The predicted molar refractivity (Wildman–Crippen MR) is 79.5 cm³/mol. The molecule has 1 aliphatic rings. The maximum atomic E-state index is 13.6. The number of hydrogen-bond donors (Lipinski definition) is 0. The fourth-order valence-electron chi connectivity index (χ4n) is 3.03. The Morgan fingerprint density at radius 2 is 1.83 bits per heavy atom. The Hall–Kier alpha value is -2.15. The van der Waals surface area contributed by atoms with Crippen molar-refractivity contribution in [2.45, 2.75) is 24.4 Å². The second-order valence-electron chi connectivity index (χ2n) is 5.81. The normalized spacial score (nSPS) is 20.5. The summed E-state index contributed by atoms with van der Waals surface area (Å²) >= 11 is 5.94. The maximum absolute atomic E-state index is 13.6. The number of benzene rings is 1. The number of rotatable bonds is 2. The molecular weight excluding hydrogens is 346 g/mol. The van der Waals surface area contributed by atoms with Gasteiger partial charge in [-0.05, 0) is 42.0 Å². The molecule has 1 fully saturated rings. The Morgan fingerprint density at radius 3 is 2.50 bits per heavy atom. The van der Waals surface area contributed by atoms with Gasteiger partial charge in [-0.1, -0.05) is 23.7 Å². The fourth-order valence-corrected chi connectivity index (χ4v) is 3.23. The van der Waals surface area contributed by atoms with E-state index in [9.17, 15) is 17.6 Å². The summed E-state index contributed by atoms with van der Waals surface area (Å²) in [6.45, 7) is 0. The molecule has 1 aliphatic carbocycles. The molecule has 0 N–H and O–H groups in total. The number of aromatic nitrogens is 3. The van der Waals surface area contributed by atoms with Gasteiger partial charge in [0.1, 0.15) is 0 Å². The third kappa shape index (κ3) is 2.53. The van der Waals surface area contributed by atoms with Gasteiger partial charge in [0.15, 0.2) is 10.8 Å². The molecule has 1 aromatic carbocycles. The molecule has 0 bridgehead atoms. The monoisotopic (exact) mass is 355 g/mol. The van der Waals surface area contributed by atoms with E-state index in [-0.39, 0.29) is 17.0 Å². The largest absolute Gasteiger partial charge is 0.416 e. The molecule has 2 aromatic heterocycles. The van der Waals surface area contributed by atoms with Crippen LogP contribution in [-0.2, 0) is 6.18 Å². The smallest absolute Gasteiger partial charge is 0.232 e. The van der Waals surface area contributed by atoms with Crippen LogP contribution in [0.5, 0.6) is 0 Å². The van der Waals surface area contributed by atoms with Gasteiger partial charge in [-0.2, -0.15) is 27.2 Å². The van der Waals surface area contributed by atoms with Crippen LogP contribution >= 0.6 is 11.6 Å². The summed E-state index contributed by atoms with van der Waals surface area (Å²) in [6.07, 6.45) is -2.53. The van der Waals surface area contributed by atoms with Gasteiger partial charge in [0.05, 0.1) is 11.8 Å². The van der Waals surface area contributed by atoms with Crippen LogP contribution in [-0.4, -0.2) is 14.6 Å². The Morgan fingerprint density at radius 1 is 1.12 bits per heavy atom. The number of fused-ring (bicyclic) bond motifs is 1. The van der Waals surface area contributed by atoms with E-state index in [1.54, 1.807) is 6.07 Å². The number of hydrogen-bond acceptors (Lipinski definition) is 2. The minimum atomic E-state index is -4.35. The highest BCUT2D eigenvalue weighted by Crippen LogP contribution is 2.55. The molecule has 1 saturated carbocycles. The Balaban J connectivity index is 1.65. The first kappa shape index (κ1) is 15.4. The summed E-state index contributed by atoms with van der Waals surface area (Å²) in [5, 5.41) is 4.01. The van der Waals surface area contributed by atoms with Gasteiger partial charge in [-0.3, -0.25) is 0 Å². The van der Waals surface area contributed by atoms with E-state index >= 15 is 0 Å². The summed E-state index contributed by atoms with van der Waals surface area (Å²) in [4.78, 5) is 4.01. The lowest BCUT2D eigenvalue weighted by atomic mass is 10.0. The zero-order valence-electron chi connectivity index (χ0n) is 12.1. The lowest BCUT2D eigenvalue weighted by Gasteiger charge is -2.08. The van der Waals surface area contributed by atoms with Crippen molar-refractivity contribution >= 4 is 17.2 Å². The van der Waals surface area contributed by atoms with Crippen LogP contribution < -0.4 is 0 Å². The molecule has 0 spiro atoms. The van der Waals surface area contributed by atoms with E-state index in [0.29, 0.717) is 5.65 Å². The zero-order valence-corrected chi connectivity index (χ0v) is 12.8. The van der Waals surface area contributed by atoms with Crippen LogP contribution in [0.15, 0.2) is 36.5 Å². The molecule has 0 radical (unpaired) electrons. The third-order valence-corrected chi connectivity index (χ3v) is 4.47. The maximum Gasteiger partial charge on any atom is 0.416 e. The van der Waals surface area contributed by atoms with Crippen molar-refractivity contribution in [3.8, 4) is 0 Å². The Bertz CT molecular complexity index is 917. The predicted octanol–water partition coefficient (Wildman–Crippen LogP) is 4.81. The number of alkyl halides is 3. The Kier molecular flexibility index (Phi) is 3.32. The van der Waals surface area contributed by atoms with E-state index in [2.05, 4.69) is 10.1 Å². The van der Waals surface area contributed by atoms with Gasteiger partial charge >= 0.3 is 6.18 Å². The van der Waals surface area contributed by atoms with Crippen molar-refractivity contribution in [1.29, 1.82) is 0 Å². The van der Waals surface area contributed by atoms with E-state index < -0.39 is 17.7 Å². The highest BCUT2D eigenvalue weighted by atomic mass is 35.5. The SMILES string of the molecule is Fc1cnc2c(C3CC3c3ccc(C(F)(F)F)cc3)cc(Cl)nn12. The first-order valence-electron chi connectivity index (χ1n) is 7.21. The summed E-state index contributed by atoms with van der Waals surface area (Å²) in [5.41, 5.74) is 1.28. The third-order valence-electron chi connectivity index (χ3n) is 4.28. The van der Waals surface area contributed by atoms with Gasteiger partial charge in [-0.15, -0.1) is 0 Å². The fraction of sp³-hybridized carbons (Fsp3) is 0.250. The van der Waals surface area contributed by atoms with Crippen LogP contribution in [0, 0.1) is 5.95 Å². The molecule has 2 unspecified atom stereocenters. The van der Waals surface area contributed by atoms with Crippen molar-refractivity contribution in [1.82, 2.24) is 14.6 Å². The Labute approximate surface area is 138 Å². The van der Waals surface area contributed by atoms with E-state index in [0.717, 1.165) is 40.4 Å². The van der Waals surface area contributed by atoms with Crippen molar-refractivity contribution < 1.29 is 17.6 Å². The molecule has 0 saturated heterocycles. The lowest BCUT2D eigenvalue weighted by Crippen LogP contribution is -2.04. The van der Waals surface area contributed by atoms with Crippen molar-refractivity contribution in [2.75, 3.05) is 0 Å². The molecule has 3 aromatic rings. The van der Waals surface area contributed by atoms with E-state index in [1.807, 2.05) is 0 Å². The summed E-state index contributed by atoms with van der Waals surface area (Å²) < 4.78 is 52.6. The molecule has 0 amide bonds. The van der Waals surface area contributed by atoms with Gasteiger partial charge in [-0.25, -0.2) is 4.98 Å². The number of imidazole rings is 1. The van der Waals surface area contributed by atoms with Crippen molar-refractivity contribution in [3.05, 3.63) is 64.3 Å². The molecule has 4 rings (SSSR count). The quantitative estimate of drug-likeness (QED) is 0.617. The van der Waals surface area contributed by atoms with Crippen LogP contribution in [0.25, 0.3) is 5.65 Å². The molecule has 2 atom stereocenters. The van der Waals surface area contributed by atoms with Gasteiger partial charge in [0.2, 0.25) is 5.95 Å². The van der Waals surface area contributed by atoms with E-state index in [4.69, 9.17) is 11.6 Å². The molecule has 24 heavy (non-hydrogen) atoms. The molecular formula is C16H10ClF4N3. The van der Waals surface area contributed by atoms with Crippen LogP contribution in [0.2, 0.25) is 5.15 Å². The van der Waals surface area contributed by atoms with Gasteiger partial charge < -0.3 is 0 Å². The molecule has 124 valence electrons. The van der Waals surface area contributed by atoms with Crippen LogP contribution in [0.1, 0.15) is 34.9 Å². The zero-order chi connectivity index (χ0) is 17.1. The second kappa shape index (κ2) is 5.17. The highest BCUT2D eigenvalue weighted by molar-refractivity contribution is 6.29. The minimum Gasteiger partial charge on any atom is -0.232 e. The lowest BCUT2D eigenvalue weighted by molar-refractivity contribution is -0.137. The van der Waals surface area contributed by atoms with Crippen molar-refractivity contribution in [3.63, 3.8) is 0 Å². The molecule has 3 nitrogen and oxygen atoms in total. The van der Waals surface area contributed by atoms with Crippen molar-refractivity contribution in [2.24, 2.45) is 0 Å². The molecule has 0 aliphatic heterocycles.